The number of hydrogen-bond donors (Lipinski definition) is 0. The van der Waals surface area contributed by atoms with Crippen molar-refractivity contribution >= 4 is 5.97 Å². The molecule has 0 heterocycles. The minimum absolute atomic E-state index is 0.0970. The molecule has 0 aromatic heterocycles. The highest BCUT2D eigenvalue weighted by atomic mass is 16.5. The van der Waals surface area contributed by atoms with E-state index in [0.29, 0.717) is 12.0 Å². The molecule has 84 valence electrons. The number of methoxy groups -OCH3 is 1. The van der Waals surface area contributed by atoms with E-state index in [0.717, 1.165) is 12.0 Å². The van der Waals surface area contributed by atoms with E-state index < -0.39 is 12.3 Å². The lowest BCUT2D eigenvalue weighted by Crippen LogP contribution is -2.19. The smallest absolute Gasteiger partial charge is 0.330 e. The van der Waals surface area contributed by atoms with Crippen LogP contribution in [0.3, 0.4) is 0 Å². The topological polar surface area (TPSA) is 26.3 Å². The number of carbonyl (C=O) groups excluding carboxylic acids is 1. The highest BCUT2D eigenvalue weighted by Gasteiger charge is 2.26. The third-order valence-corrected chi connectivity index (χ3v) is 2.86. The average Bonchev–Trinajstić information content (AvgIpc) is 2.24. The summed E-state index contributed by atoms with van der Waals surface area (Å²) in [5.74, 6) is -0.410. The van der Waals surface area contributed by atoms with Gasteiger partial charge >= 0.3 is 5.97 Å². The Morgan fingerprint density at radius 3 is 2.87 bits per heavy atom. The van der Waals surface area contributed by atoms with Crippen LogP contribution in [0.1, 0.15) is 42.7 Å². The van der Waals surface area contributed by atoms with Gasteiger partial charge in [0.25, 0.3) is 0 Å². The first kappa shape index (κ1) is 9.20. The fourth-order valence-corrected chi connectivity index (χ4v) is 1.87. The van der Waals surface area contributed by atoms with Gasteiger partial charge in [-0.15, -0.1) is 0 Å². The second-order valence-corrected chi connectivity index (χ2v) is 4.46. The molecule has 0 radical (unpaired) electrons. The van der Waals surface area contributed by atoms with Crippen molar-refractivity contribution < 1.29 is 12.3 Å². The van der Waals surface area contributed by atoms with Gasteiger partial charge in [-0.1, -0.05) is 25.5 Å². The van der Waals surface area contributed by atoms with E-state index in [4.69, 9.17) is 2.74 Å². The molecule has 0 aliphatic heterocycles. The van der Waals surface area contributed by atoms with Gasteiger partial charge in [0.05, 0.1) is 7.11 Å². The predicted molar refractivity (Wildman–Crippen MR) is 61.5 cm³/mol. The summed E-state index contributed by atoms with van der Waals surface area (Å²) in [5.41, 5.74) is 1.52. The van der Waals surface area contributed by atoms with Crippen molar-refractivity contribution in [1.82, 2.24) is 0 Å². The molecule has 0 amide bonds. The van der Waals surface area contributed by atoms with E-state index >= 15 is 0 Å². The van der Waals surface area contributed by atoms with Crippen LogP contribution in [0.5, 0.6) is 0 Å². The lowest BCUT2D eigenvalue weighted by Gasteiger charge is -2.32. The molecule has 0 unspecified atom stereocenters. The molecule has 1 rings (SSSR count). The fourth-order valence-electron chi connectivity index (χ4n) is 1.87. The van der Waals surface area contributed by atoms with Crippen LogP contribution >= 0.6 is 0 Å². The van der Waals surface area contributed by atoms with Crippen molar-refractivity contribution in [2.45, 2.75) is 40.0 Å². The first-order valence-electron chi connectivity index (χ1n) is 6.18. The minimum atomic E-state index is -1.27. The number of allylic oxidation sites excluding steroid dienone is 3. The molecule has 15 heavy (non-hydrogen) atoms. The Kier molecular flexibility index (Phi) is 2.85. The van der Waals surface area contributed by atoms with E-state index in [1.165, 1.54) is 13.2 Å². The second-order valence-electron chi connectivity index (χ2n) is 4.46. The number of esters is 1. The molecular weight excluding hydrogens is 188 g/mol. The Bertz CT molecular complexity index is 379. The molecular formula is C13H20O2. The average molecular weight is 210 g/mol. The van der Waals surface area contributed by atoms with Crippen LogP contribution in [0, 0.1) is 5.41 Å². The van der Waals surface area contributed by atoms with Gasteiger partial charge in [0, 0.05) is 8.82 Å². The molecule has 0 spiro atoms. The summed E-state index contributed by atoms with van der Waals surface area (Å²) in [6, 6.07) is 0. The maximum Gasteiger partial charge on any atom is 0.330 e. The molecule has 0 saturated carbocycles. The van der Waals surface area contributed by atoms with Gasteiger partial charge in [0.15, 0.2) is 0 Å². The Balaban J connectivity index is 3.13. The van der Waals surface area contributed by atoms with Crippen molar-refractivity contribution in [1.29, 1.82) is 0 Å². The highest BCUT2D eigenvalue weighted by molar-refractivity contribution is 5.82. The predicted octanol–water partition coefficient (Wildman–Crippen LogP) is 3.24. The monoisotopic (exact) mass is 210 g/mol. The number of carbonyl (C=O) groups is 1. The Hall–Kier alpha value is -1.05. The molecule has 0 aromatic rings. The van der Waals surface area contributed by atoms with E-state index in [1.54, 1.807) is 13.0 Å². The summed E-state index contributed by atoms with van der Waals surface area (Å²) in [6.07, 6.45) is 3.09. The van der Waals surface area contributed by atoms with Crippen molar-refractivity contribution in [2.75, 3.05) is 7.11 Å². The zero-order valence-corrected chi connectivity index (χ0v) is 9.89. The lowest BCUT2D eigenvalue weighted by atomic mass is 9.73. The number of hydrogen-bond acceptors (Lipinski definition) is 2. The van der Waals surface area contributed by atoms with Crippen LogP contribution in [-0.2, 0) is 9.53 Å². The molecule has 0 saturated heterocycles. The minimum Gasteiger partial charge on any atom is -0.466 e. The van der Waals surface area contributed by atoms with Crippen LogP contribution in [0.25, 0.3) is 0 Å². The zero-order valence-electron chi connectivity index (χ0n) is 11.9. The van der Waals surface area contributed by atoms with E-state index in [-0.39, 0.29) is 5.41 Å². The van der Waals surface area contributed by atoms with Gasteiger partial charge in [-0.3, -0.25) is 0 Å². The molecule has 0 atom stereocenters. The van der Waals surface area contributed by atoms with Crippen LogP contribution in [-0.4, -0.2) is 13.1 Å². The molecule has 1 aliphatic carbocycles. The summed E-state index contributed by atoms with van der Waals surface area (Å²) in [7, 11) is 1.33. The Morgan fingerprint density at radius 2 is 2.27 bits per heavy atom. The maximum atomic E-state index is 11.1. The van der Waals surface area contributed by atoms with Gasteiger partial charge in [0.2, 0.25) is 0 Å². The normalized spacial score (nSPS) is 26.1. The van der Waals surface area contributed by atoms with Crippen molar-refractivity contribution in [2.24, 2.45) is 5.41 Å². The SMILES string of the molecule is [2H]C1([2H])CCC(C)(C)C(/C=C/C(=O)OC)=C1C. The van der Waals surface area contributed by atoms with Gasteiger partial charge in [-0.25, -0.2) is 4.79 Å². The Labute approximate surface area is 94.8 Å². The van der Waals surface area contributed by atoms with Crippen LogP contribution < -0.4 is 0 Å². The summed E-state index contributed by atoms with van der Waals surface area (Å²) >= 11 is 0. The lowest BCUT2D eigenvalue weighted by molar-refractivity contribution is -0.134. The standard InChI is InChI=1S/C13H20O2/c1-10-6-5-9-13(2,3)11(10)7-8-12(14)15-4/h7-8H,5-6,9H2,1-4H3/b8-7+/i6D2. The van der Waals surface area contributed by atoms with Crippen molar-refractivity contribution in [3.8, 4) is 0 Å². The molecule has 0 bridgehead atoms. The third-order valence-electron chi connectivity index (χ3n) is 2.86. The molecule has 2 heteroatoms. The highest BCUT2D eigenvalue weighted by Crippen LogP contribution is 2.40. The first-order chi connectivity index (χ1) is 7.70. The largest absolute Gasteiger partial charge is 0.466 e. The molecule has 0 aromatic carbocycles. The second kappa shape index (κ2) is 4.65. The van der Waals surface area contributed by atoms with Crippen molar-refractivity contribution in [3.63, 3.8) is 0 Å². The number of rotatable bonds is 2. The van der Waals surface area contributed by atoms with Crippen LogP contribution in [0.4, 0.5) is 0 Å². The first-order valence-corrected chi connectivity index (χ1v) is 5.18. The van der Waals surface area contributed by atoms with E-state index in [2.05, 4.69) is 18.6 Å². The van der Waals surface area contributed by atoms with Gasteiger partial charge in [-0.2, -0.15) is 0 Å². The van der Waals surface area contributed by atoms with Gasteiger partial charge in [-0.05, 0) is 37.1 Å². The van der Waals surface area contributed by atoms with E-state index in [1.807, 2.05) is 0 Å². The zero-order chi connectivity index (χ0) is 13.3. The maximum absolute atomic E-state index is 11.1. The third kappa shape index (κ3) is 2.95. The van der Waals surface area contributed by atoms with Gasteiger partial charge in [0.1, 0.15) is 0 Å². The molecule has 0 N–H and O–H groups in total. The summed E-state index contributed by atoms with van der Waals surface area (Å²) in [4.78, 5) is 11.1. The van der Waals surface area contributed by atoms with Crippen LogP contribution in [0.2, 0.25) is 0 Å². The number of ether oxygens (including phenoxy) is 1. The van der Waals surface area contributed by atoms with Crippen LogP contribution in [0.15, 0.2) is 23.3 Å². The summed E-state index contributed by atoms with van der Waals surface area (Å²) in [6.45, 7) is 5.95. The van der Waals surface area contributed by atoms with Gasteiger partial charge < -0.3 is 4.74 Å². The van der Waals surface area contributed by atoms with Crippen molar-refractivity contribution in [3.05, 3.63) is 23.3 Å². The molecule has 1 aliphatic rings. The molecule has 0 fully saturated rings. The molecule has 2 nitrogen and oxygen atoms in total. The Morgan fingerprint density at radius 1 is 1.60 bits per heavy atom. The summed E-state index contributed by atoms with van der Waals surface area (Å²) < 4.78 is 20.4. The fraction of sp³-hybridized carbons (Fsp3) is 0.615. The summed E-state index contributed by atoms with van der Waals surface area (Å²) in [5, 5.41) is 0. The quantitative estimate of drug-likeness (QED) is 0.516. The van der Waals surface area contributed by atoms with E-state index in [9.17, 15) is 4.79 Å².